The molecule has 0 aliphatic carbocycles. The second-order valence-corrected chi connectivity index (χ2v) is 5.36. The van der Waals surface area contributed by atoms with E-state index in [0.29, 0.717) is 11.1 Å². The Kier molecular flexibility index (Phi) is 3.54. The fourth-order valence-electron chi connectivity index (χ4n) is 2.76. The summed E-state index contributed by atoms with van der Waals surface area (Å²) in [5.74, 6) is 0. The van der Waals surface area contributed by atoms with Gasteiger partial charge in [-0.15, -0.1) is 0 Å². The van der Waals surface area contributed by atoms with Crippen LogP contribution in [0.15, 0.2) is 42.5 Å². The van der Waals surface area contributed by atoms with Gasteiger partial charge in [-0.2, -0.15) is 26.3 Å². The lowest BCUT2D eigenvalue weighted by Crippen LogP contribution is -2.12. The number of para-hydroxylation sites is 1. The van der Waals surface area contributed by atoms with Gasteiger partial charge in [0.05, 0.1) is 22.9 Å². The molecule has 0 saturated carbocycles. The number of hydrogen-bond acceptors (Lipinski definition) is 1. The minimum Gasteiger partial charge on any atom is -0.377 e. The molecule has 0 aromatic heterocycles. The summed E-state index contributed by atoms with van der Waals surface area (Å²) in [4.78, 5) is 0. The van der Waals surface area contributed by atoms with Crippen molar-refractivity contribution in [2.75, 3.05) is 5.32 Å². The lowest BCUT2D eigenvalue weighted by Gasteiger charge is -2.16. The number of anilines is 1. The number of fused-ring (bicyclic) bond motifs is 1. The summed E-state index contributed by atoms with van der Waals surface area (Å²) in [5.41, 5.74) is -0.915. The van der Waals surface area contributed by atoms with Gasteiger partial charge in [-0.3, -0.25) is 0 Å². The molecule has 0 saturated heterocycles. The van der Waals surface area contributed by atoms with Gasteiger partial charge in [-0.25, -0.2) is 0 Å². The summed E-state index contributed by atoms with van der Waals surface area (Å²) in [6.45, 7) is 0. The van der Waals surface area contributed by atoms with Gasteiger partial charge in [0.25, 0.3) is 0 Å². The molecule has 0 fully saturated rings. The van der Waals surface area contributed by atoms with Crippen LogP contribution in [0.2, 0.25) is 0 Å². The molecule has 0 bridgehead atoms. The van der Waals surface area contributed by atoms with E-state index in [1.54, 1.807) is 6.07 Å². The topological polar surface area (TPSA) is 12.0 Å². The summed E-state index contributed by atoms with van der Waals surface area (Å²) < 4.78 is 77.3. The van der Waals surface area contributed by atoms with Crippen LogP contribution in [0.1, 0.15) is 28.3 Å². The van der Waals surface area contributed by atoms with Gasteiger partial charge in [0, 0.05) is 0 Å². The Balaban J connectivity index is 1.94. The Morgan fingerprint density at radius 2 is 1.57 bits per heavy atom. The maximum absolute atomic E-state index is 13.0. The van der Waals surface area contributed by atoms with Crippen LogP contribution in [0.5, 0.6) is 0 Å². The molecule has 0 amide bonds. The van der Waals surface area contributed by atoms with E-state index in [0.717, 1.165) is 18.2 Å². The standard InChI is InChI=1S/C16H11F6N/c17-15(18,19)11-5-1-3-9(7-11)13-8-10-4-2-6-12(14(10)23-13)16(20,21)22/h1-7,13,23H,8H2. The Bertz CT molecular complexity index is 732. The molecule has 1 atom stereocenters. The van der Waals surface area contributed by atoms with Crippen molar-refractivity contribution in [3.63, 3.8) is 0 Å². The normalized spacial score (nSPS) is 17.7. The lowest BCUT2D eigenvalue weighted by molar-refractivity contribution is -0.138. The molecule has 1 N–H and O–H groups in total. The highest BCUT2D eigenvalue weighted by Gasteiger charge is 2.38. The predicted molar refractivity (Wildman–Crippen MR) is 73.0 cm³/mol. The molecule has 2 aromatic rings. The van der Waals surface area contributed by atoms with Crippen LogP contribution in [0.25, 0.3) is 0 Å². The molecule has 23 heavy (non-hydrogen) atoms. The SMILES string of the molecule is FC(F)(F)c1cccc(C2Cc3cccc(C(F)(F)F)c3N2)c1. The third kappa shape index (κ3) is 3.00. The maximum atomic E-state index is 13.0. The van der Waals surface area contributed by atoms with Crippen LogP contribution in [0.3, 0.4) is 0 Å². The van der Waals surface area contributed by atoms with Gasteiger partial charge in [-0.05, 0) is 35.7 Å². The lowest BCUT2D eigenvalue weighted by atomic mass is 10.00. The second kappa shape index (κ2) is 5.18. The fourth-order valence-corrected chi connectivity index (χ4v) is 2.76. The van der Waals surface area contributed by atoms with Gasteiger partial charge in [-0.1, -0.05) is 24.3 Å². The third-order valence-electron chi connectivity index (χ3n) is 3.82. The molecule has 2 aromatic carbocycles. The van der Waals surface area contributed by atoms with Crippen LogP contribution in [-0.4, -0.2) is 0 Å². The summed E-state index contributed by atoms with van der Waals surface area (Å²) >= 11 is 0. The quantitative estimate of drug-likeness (QED) is 0.687. The highest BCUT2D eigenvalue weighted by atomic mass is 19.4. The van der Waals surface area contributed by atoms with Gasteiger partial charge in [0.15, 0.2) is 0 Å². The van der Waals surface area contributed by atoms with Crippen LogP contribution < -0.4 is 5.32 Å². The van der Waals surface area contributed by atoms with Crippen molar-refractivity contribution in [2.45, 2.75) is 24.8 Å². The maximum Gasteiger partial charge on any atom is 0.418 e. The van der Waals surface area contributed by atoms with E-state index in [2.05, 4.69) is 5.32 Å². The Labute approximate surface area is 127 Å². The van der Waals surface area contributed by atoms with E-state index in [1.807, 2.05) is 0 Å². The van der Waals surface area contributed by atoms with Gasteiger partial charge in [0.1, 0.15) is 0 Å². The van der Waals surface area contributed by atoms with Gasteiger partial charge in [0.2, 0.25) is 0 Å². The average molecular weight is 331 g/mol. The molecule has 7 heteroatoms. The van der Waals surface area contributed by atoms with E-state index in [-0.39, 0.29) is 12.1 Å². The van der Waals surface area contributed by atoms with E-state index in [1.165, 1.54) is 18.2 Å². The molecule has 0 radical (unpaired) electrons. The van der Waals surface area contributed by atoms with E-state index >= 15 is 0 Å². The monoisotopic (exact) mass is 331 g/mol. The number of rotatable bonds is 1. The van der Waals surface area contributed by atoms with E-state index < -0.39 is 29.5 Å². The molecule has 0 spiro atoms. The number of nitrogens with one attached hydrogen (secondary N) is 1. The zero-order chi connectivity index (χ0) is 16.8. The predicted octanol–water partition coefficient (Wildman–Crippen LogP) is 5.43. The molecule has 3 rings (SSSR count). The van der Waals surface area contributed by atoms with Crippen LogP contribution in [0, 0.1) is 0 Å². The molecule has 1 heterocycles. The summed E-state index contributed by atoms with van der Waals surface area (Å²) in [5, 5.41) is 2.72. The van der Waals surface area contributed by atoms with Gasteiger partial charge >= 0.3 is 12.4 Å². The average Bonchev–Trinajstić information content (AvgIpc) is 2.89. The summed E-state index contributed by atoms with van der Waals surface area (Å²) in [6, 6.07) is 7.84. The zero-order valence-corrected chi connectivity index (χ0v) is 11.6. The minimum absolute atomic E-state index is 0.0533. The fraction of sp³-hybridized carbons (Fsp3) is 0.250. The van der Waals surface area contributed by atoms with Crippen LogP contribution in [-0.2, 0) is 18.8 Å². The Morgan fingerprint density at radius 1 is 0.870 bits per heavy atom. The smallest absolute Gasteiger partial charge is 0.377 e. The molecule has 1 unspecified atom stereocenters. The zero-order valence-electron chi connectivity index (χ0n) is 11.6. The van der Waals surface area contributed by atoms with Crippen molar-refractivity contribution in [3.8, 4) is 0 Å². The van der Waals surface area contributed by atoms with Crippen LogP contribution in [0.4, 0.5) is 32.0 Å². The number of hydrogen-bond donors (Lipinski definition) is 1. The Hall–Kier alpha value is -2.18. The van der Waals surface area contributed by atoms with Crippen LogP contribution >= 0.6 is 0 Å². The first kappa shape index (κ1) is 15.7. The van der Waals surface area contributed by atoms with Crippen molar-refractivity contribution in [1.82, 2.24) is 0 Å². The Morgan fingerprint density at radius 3 is 2.22 bits per heavy atom. The molecular weight excluding hydrogens is 320 g/mol. The molecule has 122 valence electrons. The van der Waals surface area contributed by atoms with Crippen molar-refractivity contribution < 1.29 is 26.3 Å². The molecule has 1 aliphatic rings. The van der Waals surface area contributed by atoms with Crippen molar-refractivity contribution in [3.05, 3.63) is 64.7 Å². The minimum atomic E-state index is -4.51. The summed E-state index contributed by atoms with van der Waals surface area (Å²) in [7, 11) is 0. The van der Waals surface area contributed by atoms with E-state index in [9.17, 15) is 26.3 Å². The first-order chi connectivity index (χ1) is 10.7. The first-order valence-electron chi connectivity index (χ1n) is 6.79. The highest BCUT2D eigenvalue weighted by Crippen LogP contribution is 2.43. The number of benzene rings is 2. The first-order valence-corrected chi connectivity index (χ1v) is 6.79. The van der Waals surface area contributed by atoms with Crippen molar-refractivity contribution in [1.29, 1.82) is 0 Å². The second-order valence-electron chi connectivity index (χ2n) is 5.36. The van der Waals surface area contributed by atoms with Crippen molar-refractivity contribution >= 4 is 5.69 Å². The molecular formula is C16H11F6N. The number of alkyl halides is 6. The molecule has 1 aliphatic heterocycles. The number of halogens is 6. The van der Waals surface area contributed by atoms with E-state index in [4.69, 9.17) is 0 Å². The highest BCUT2D eigenvalue weighted by molar-refractivity contribution is 5.64. The van der Waals surface area contributed by atoms with Gasteiger partial charge < -0.3 is 5.32 Å². The van der Waals surface area contributed by atoms with Crippen molar-refractivity contribution in [2.24, 2.45) is 0 Å². The summed E-state index contributed by atoms with van der Waals surface area (Å²) in [6.07, 6.45) is -8.79. The third-order valence-corrected chi connectivity index (χ3v) is 3.82. The molecule has 1 nitrogen and oxygen atoms in total. The largest absolute Gasteiger partial charge is 0.418 e.